The summed E-state index contributed by atoms with van der Waals surface area (Å²) >= 11 is 0. The molecule has 78 valence electrons. The van der Waals surface area contributed by atoms with E-state index in [1.807, 2.05) is 13.8 Å². The van der Waals surface area contributed by atoms with Gasteiger partial charge in [-0.1, -0.05) is 6.08 Å². The van der Waals surface area contributed by atoms with Gasteiger partial charge in [0.25, 0.3) is 0 Å². The zero-order chi connectivity index (χ0) is 10.9. The fourth-order valence-electron chi connectivity index (χ4n) is 1.50. The van der Waals surface area contributed by atoms with Crippen LogP contribution in [0.15, 0.2) is 11.6 Å². The van der Waals surface area contributed by atoms with Crippen molar-refractivity contribution in [2.24, 2.45) is 5.92 Å². The summed E-state index contributed by atoms with van der Waals surface area (Å²) in [6.45, 7) is 5.10. The third-order valence-corrected chi connectivity index (χ3v) is 2.18. The molecule has 0 aromatic heterocycles. The van der Waals surface area contributed by atoms with Crippen LogP contribution in [0, 0.1) is 5.92 Å². The van der Waals surface area contributed by atoms with Crippen molar-refractivity contribution in [1.82, 2.24) is 0 Å². The molecule has 1 aliphatic heterocycles. The van der Waals surface area contributed by atoms with Crippen LogP contribution in [0.1, 0.15) is 27.2 Å². The molecule has 1 unspecified atom stereocenters. The van der Waals surface area contributed by atoms with E-state index in [2.05, 4.69) is 0 Å². The Balaban J connectivity index is 2.78. The molecule has 0 saturated carbocycles. The Labute approximate surface area is 82.6 Å². The molecule has 0 amide bonds. The van der Waals surface area contributed by atoms with Crippen molar-refractivity contribution in [1.29, 1.82) is 0 Å². The van der Waals surface area contributed by atoms with E-state index in [4.69, 9.17) is 9.84 Å². The number of hydrogen-bond donors (Lipinski definition) is 1. The van der Waals surface area contributed by atoms with Gasteiger partial charge in [0.1, 0.15) is 5.60 Å². The van der Waals surface area contributed by atoms with Gasteiger partial charge in [-0.25, -0.2) is 4.79 Å². The topological polar surface area (TPSA) is 63.6 Å². The molecule has 1 N–H and O–H groups in total. The summed E-state index contributed by atoms with van der Waals surface area (Å²) in [6, 6.07) is 0. The lowest BCUT2D eigenvalue weighted by molar-refractivity contribution is -0.147. The van der Waals surface area contributed by atoms with Gasteiger partial charge in [-0.05, 0) is 20.8 Å². The van der Waals surface area contributed by atoms with Crippen molar-refractivity contribution >= 4 is 11.9 Å². The average Bonchev–Trinajstić information content (AvgIpc) is 2.24. The highest BCUT2D eigenvalue weighted by Gasteiger charge is 2.38. The Morgan fingerprint density at radius 2 is 2.21 bits per heavy atom. The van der Waals surface area contributed by atoms with E-state index in [-0.39, 0.29) is 11.5 Å². The van der Waals surface area contributed by atoms with Crippen LogP contribution in [0.3, 0.4) is 0 Å². The second kappa shape index (κ2) is 3.44. The standard InChI is InChI=1S/C10H14O4/c1-6(8(11)12)4-7-5-10(2,3)14-9(7)13/h4,7H,5H2,1-3H3,(H,11,12). The Morgan fingerprint density at radius 1 is 1.64 bits per heavy atom. The predicted molar refractivity (Wildman–Crippen MR) is 49.7 cm³/mol. The molecule has 0 aliphatic carbocycles. The van der Waals surface area contributed by atoms with Crippen molar-refractivity contribution in [3.8, 4) is 0 Å². The second-order valence-electron chi connectivity index (χ2n) is 4.15. The zero-order valence-corrected chi connectivity index (χ0v) is 8.53. The molecular formula is C10H14O4. The lowest BCUT2D eigenvalue weighted by atomic mass is 9.96. The Morgan fingerprint density at radius 3 is 2.57 bits per heavy atom. The van der Waals surface area contributed by atoms with Crippen LogP contribution in [-0.2, 0) is 14.3 Å². The first kappa shape index (κ1) is 10.8. The lowest BCUT2D eigenvalue weighted by Gasteiger charge is -2.14. The fourth-order valence-corrected chi connectivity index (χ4v) is 1.50. The molecule has 4 nitrogen and oxygen atoms in total. The van der Waals surface area contributed by atoms with Crippen LogP contribution in [0.5, 0.6) is 0 Å². The zero-order valence-electron chi connectivity index (χ0n) is 8.53. The van der Waals surface area contributed by atoms with E-state index in [1.165, 1.54) is 13.0 Å². The lowest BCUT2D eigenvalue weighted by Crippen LogP contribution is -2.17. The van der Waals surface area contributed by atoms with Gasteiger partial charge in [-0.3, -0.25) is 4.79 Å². The Hall–Kier alpha value is -1.32. The normalized spacial score (nSPS) is 26.1. The quantitative estimate of drug-likeness (QED) is 0.537. The van der Waals surface area contributed by atoms with Crippen molar-refractivity contribution in [3.05, 3.63) is 11.6 Å². The van der Waals surface area contributed by atoms with Gasteiger partial charge >= 0.3 is 11.9 Å². The molecule has 1 saturated heterocycles. The van der Waals surface area contributed by atoms with Gasteiger partial charge in [0, 0.05) is 12.0 Å². The van der Waals surface area contributed by atoms with Crippen molar-refractivity contribution in [3.63, 3.8) is 0 Å². The summed E-state index contributed by atoms with van der Waals surface area (Å²) in [6.07, 6.45) is 2.00. The highest BCUT2D eigenvalue weighted by molar-refractivity contribution is 5.87. The first-order chi connectivity index (χ1) is 6.32. The maximum absolute atomic E-state index is 11.3. The minimum absolute atomic E-state index is 0.185. The summed E-state index contributed by atoms with van der Waals surface area (Å²) in [5.74, 6) is -1.75. The van der Waals surface area contributed by atoms with Gasteiger partial charge in [-0.15, -0.1) is 0 Å². The van der Waals surface area contributed by atoms with Gasteiger partial charge < -0.3 is 9.84 Å². The van der Waals surface area contributed by atoms with Crippen LogP contribution in [-0.4, -0.2) is 22.6 Å². The summed E-state index contributed by atoms with van der Waals surface area (Å²) in [5, 5.41) is 8.64. The number of esters is 1. The van der Waals surface area contributed by atoms with Crippen LogP contribution in [0.4, 0.5) is 0 Å². The van der Waals surface area contributed by atoms with Gasteiger partial charge in [0.15, 0.2) is 0 Å². The summed E-state index contributed by atoms with van der Waals surface area (Å²) in [7, 11) is 0. The number of carboxylic acids is 1. The molecule has 1 aliphatic rings. The minimum Gasteiger partial charge on any atom is -0.478 e. The van der Waals surface area contributed by atoms with Gasteiger partial charge in [-0.2, -0.15) is 0 Å². The predicted octanol–water partition coefficient (Wildman–Crippen LogP) is 1.36. The van der Waals surface area contributed by atoms with Crippen LogP contribution >= 0.6 is 0 Å². The van der Waals surface area contributed by atoms with Gasteiger partial charge in [0.05, 0.1) is 5.92 Å². The number of hydrogen-bond acceptors (Lipinski definition) is 3. The van der Waals surface area contributed by atoms with Crippen LogP contribution in [0.25, 0.3) is 0 Å². The number of carbonyl (C=O) groups is 2. The summed E-state index contributed by atoms with van der Waals surface area (Å²) in [4.78, 5) is 21.8. The largest absolute Gasteiger partial charge is 0.478 e. The molecule has 14 heavy (non-hydrogen) atoms. The number of rotatable bonds is 2. The second-order valence-corrected chi connectivity index (χ2v) is 4.15. The number of carboxylic acid groups (broad SMARTS) is 1. The summed E-state index contributed by atoms with van der Waals surface area (Å²) < 4.78 is 5.07. The summed E-state index contributed by atoms with van der Waals surface area (Å²) in [5.41, 5.74) is -0.290. The number of carbonyl (C=O) groups excluding carboxylic acids is 1. The molecule has 0 radical (unpaired) electrons. The smallest absolute Gasteiger partial charge is 0.330 e. The third-order valence-electron chi connectivity index (χ3n) is 2.18. The molecule has 1 atom stereocenters. The third kappa shape index (κ3) is 2.34. The SMILES string of the molecule is CC(=CC1CC(C)(C)OC1=O)C(=O)O. The highest BCUT2D eigenvalue weighted by atomic mass is 16.6. The maximum Gasteiger partial charge on any atom is 0.330 e. The van der Waals surface area contributed by atoms with Crippen molar-refractivity contribution < 1.29 is 19.4 Å². The Bertz CT molecular complexity index is 301. The highest BCUT2D eigenvalue weighted by Crippen LogP contribution is 2.31. The molecule has 0 aromatic carbocycles. The van der Waals surface area contributed by atoms with Gasteiger partial charge in [0.2, 0.25) is 0 Å². The monoisotopic (exact) mass is 198 g/mol. The Kier molecular flexibility index (Phi) is 2.64. The van der Waals surface area contributed by atoms with E-state index < -0.39 is 17.5 Å². The number of aliphatic carboxylic acids is 1. The van der Waals surface area contributed by atoms with E-state index in [0.29, 0.717) is 6.42 Å². The van der Waals surface area contributed by atoms with Crippen LogP contribution < -0.4 is 0 Å². The molecule has 0 spiro atoms. The molecule has 4 heteroatoms. The van der Waals surface area contributed by atoms with E-state index in [0.717, 1.165) is 0 Å². The number of ether oxygens (including phenoxy) is 1. The van der Waals surface area contributed by atoms with E-state index >= 15 is 0 Å². The average molecular weight is 198 g/mol. The molecule has 1 fully saturated rings. The molecule has 1 rings (SSSR count). The molecule has 1 heterocycles. The van der Waals surface area contributed by atoms with E-state index in [9.17, 15) is 9.59 Å². The van der Waals surface area contributed by atoms with E-state index in [1.54, 1.807) is 0 Å². The molecule has 0 aromatic rings. The maximum atomic E-state index is 11.3. The first-order valence-corrected chi connectivity index (χ1v) is 4.46. The van der Waals surface area contributed by atoms with Crippen molar-refractivity contribution in [2.45, 2.75) is 32.8 Å². The van der Waals surface area contributed by atoms with Crippen molar-refractivity contribution in [2.75, 3.05) is 0 Å². The molecule has 0 bridgehead atoms. The van der Waals surface area contributed by atoms with Crippen LogP contribution in [0.2, 0.25) is 0 Å². The first-order valence-electron chi connectivity index (χ1n) is 4.46. The fraction of sp³-hybridized carbons (Fsp3) is 0.600. The number of cyclic esters (lactones) is 1. The minimum atomic E-state index is -0.998. The molecular weight excluding hydrogens is 184 g/mol.